The highest BCUT2D eigenvalue weighted by atomic mass is 16.5. The van der Waals surface area contributed by atoms with Gasteiger partial charge in [0.2, 0.25) is 5.91 Å². The highest BCUT2D eigenvalue weighted by Gasteiger charge is 2.20. The van der Waals surface area contributed by atoms with Crippen LogP contribution in [0.15, 0.2) is 41.5 Å². The molecule has 2 aromatic rings. The van der Waals surface area contributed by atoms with Crippen molar-refractivity contribution >= 4 is 22.9 Å². The first-order chi connectivity index (χ1) is 11.3. The van der Waals surface area contributed by atoms with E-state index in [0.29, 0.717) is 0 Å². The van der Waals surface area contributed by atoms with E-state index in [2.05, 4.69) is 10.5 Å². The third-order valence-corrected chi connectivity index (χ3v) is 4.49. The molecule has 0 unspecified atom stereocenters. The molecule has 4 heteroatoms. The van der Waals surface area contributed by atoms with Crippen molar-refractivity contribution in [2.75, 3.05) is 7.11 Å². The standard InChI is InChI=1S/C19H22N2O2/c1-23-18-12-11-14-7-5-6-10-16(14)17(18)13-20-21-19(22)15-8-3-2-4-9-15/h5-7,10-13,15H,2-4,8-9H2,1H3,(H,21,22). The number of benzene rings is 2. The monoisotopic (exact) mass is 310 g/mol. The zero-order valence-corrected chi connectivity index (χ0v) is 13.4. The van der Waals surface area contributed by atoms with Crippen LogP contribution in [-0.2, 0) is 4.79 Å². The van der Waals surface area contributed by atoms with Crippen molar-refractivity contribution in [2.45, 2.75) is 32.1 Å². The fourth-order valence-corrected chi connectivity index (χ4v) is 3.20. The molecule has 2 aromatic carbocycles. The summed E-state index contributed by atoms with van der Waals surface area (Å²) in [5.74, 6) is 0.884. The minimum atomic E-state index is 0.0279. The summed E-state index contributed by atoms with van der Waals surface area (Å²) in [6.45, 7) is 0. The average Bonchev–Trinajstić information content (AvgIpc) is 2.62. The van der Waals surface area contributed by atoms with Crippen LogP contribution in [-0.4, -0.2) is 19.2 Å². The van der Waals surface area contributed by atoms with Crippen molar-refractivity contribution in [3.8, 4) is 5.75 Å². The lowest BCUT2D eigenvalue weighted by atomic mass is 9.89. The van der Waals surface area contributed by atoms with Crippen LogP contribution in [0.1, 0.15) is 37.7 Å². The molecule has 0 spiro atoms. The Morgan fingerprint density at radius 3 is 2.74 bits per heavy atom. The molecule has 0 aromatic heterocycles. The molecule has 0 bridgehead atoms. The van der Waals surface area contributed by atoms with E-state index in [1.54, 1.807) is 13.3 Å². The molecule has 0 aliphatic heterocycles. The fourth-order valence-electron chi connectivity index (χ4n) is 3.20. The summed E-state index contributed by atoms with van der Waals surface area (Å²) in [5.41, 5.74) is 3.58. The summed E-state index contributed by atoms with van der Waals surface area (Å²) in [6.07, 6.45) is 7.14. The maximum atomic E-state index is 12.2. The van der Waals surface area contributed by atoms with Crippen molar-refractivity contribution in [3.05, 3.63) is 42.0 Å². The molecule has 0 saturated heterocycles. The fraction of sp³-hybridized carbons (Fsp3) is 0.368. The lowest BCUT2D eigenvalue weighted by molar-refractivity contribution is -0.125. The van der Waals surface area contributed by atoms with Gasteiger partial charge in [-0.15, -0.1) is 0 Å². The Labute approximate surface area is 136 Å². The minimum Gasteiger partial charge on any atom is -0.496 e. The maximum Gasteiger partial charge on any atom is 0.243 e. The van der Waals surface area contributed by atoms with E-state index in [9.17, 15) is 4.79 Å². The third kappa shape index (κ3) is 3.52. The number of hydrogen-bond donors (Lipinski definition) is 1. The van der Waals surface area contributed by atoms with Crippen LogP contribution in [0, 0.1) is 5.92 Å². The summed E-state index contributed by atoms with van der Waals surface area (Å²) in [4.78, 5) is 12.2. The summed E-state index contributed by atoms with van der Waals surface area (Å²) in [5, 5.41) is 6.35. The van der Waals surface area contributed by atoms with Gasteiger partial charge in [0.1, 0.15) is 5.75 Å². The Kier molecular flexibility index (Phi) is 4.91. The van der Waals surface area contributed by atoms with E-state index in [1.807, 2.05) is 36.4 Å². The van der Waals surface area contributed by atoms with E-state index < -0.39 is 0 Å². The van der Waals surface area contributed by atoms with Gasteiger partial charge in [-0.3, -0.25) is 4.79 Å². The van der Waals surface area contributed by atoms with Crippen molar-refractivity contribution in [3.63, 3.8) is 0 Å². The topological polar surface area (TPSA) is 50.7 Å². The number of carbonyl (C=O) groups is 1. The predicted molar refractivity (Wildman–Crippen MR) is 92.8 cm³/mol. The SMILES string of the molecule is COc1ccc2ccccc2c1C=NNC(=O)C1CCCCC1. The number of nitrogens with zero attached hydrogens (tertiary/aromatic N) is 1. The van der Waals surface area contributed by atoms with E-state index >= 15 is 0 Å². The van der Waals surface area contributed by atoms with Gasteiger partial charge in [0.25, 0.3) is 0 Å². The number of hydrogen-bond acceptors (Lipinski definition) is 3. The maximum absolute atomic E-state index is 12.2. The number of nitrogens with one attached hydrogen (secondary N) is 1. The number of amides is 1. The molecule has 120 valence electrons. The van der Waals surface area contributed by atoms with Crippen molar-refractivity contribution in [1.29, 1.82) is 0 Å². The van der Waals surface area contributed by atoms with Crippen molar-refractivity contribution in [2.24, 2.45) is 11.0 Å². The molecule has 1 amide bonds. The average molecular weight is 310 g/mol. The number of hydrazone groups is 1. The number of ether oxygens (including phenoxy) is 1. The second-order valence-corrected chi connectivity index (χ2v) is 5.97. The first-order valence-corrected chi connectivity index (χ1v) is 8.18. The molecule has 3 rings (SSSR count). The first-order valence-electron chi connectivity index (χ1n) is 8.18. The van der Waals surface area contributed by atoms with Crippen LogP contribution in [0.25, 0.3) is 10.8 Å². The van der Waals surface area contributed by atoms with Gasteiger partial charge in [-0.25, -0.2) is 5.43 Å². The molecule has 1 aliphatic rings. The second-order valence-electron chi connectivity index (χ2n) is 5.97. The van der Waals surface area contributed by atoms with E-state index in [-0.39, 0.29) is 11.8 Å². The molecule has 1 aliphatic carbocycles. The van der Waals surface area contributed by atoms with Gasteiger partial charge in [-0.05, 0) is 29.7 Å². The molecular formula is C19H22N2O2. The predicted octanol–water partition coefficient (Wildman–Crippen LogP) is 3.88. The van der Waals surface area contributed by atoms with Crippen LogP contribution in [0.3, 0.4) is 0 Å². The number of carbonyl (C=O) groups excluding carboxylic acids is 1. The molecule has 1 saturated carbocycles. The molecule has 1 N–H and O–H groups in total. The van der Waals surface area contributed by atoms with Crippen LogP contribution < -0.4 is 10.2 Å². The Morgan fingerprint density at radius 2 is 1.96 bits per heavy atom. The van der Waals surface area contributed by atoms with Crippen LogP contribution in [0.5, 0.6) is 5.75 Å². The van der Waals surface area contributed by atoms with Gasteiger partial charge in [0.15, 0.2) is 0 Å². The van der Waals surface area contributed by atoms with Crippen LogP contribution in [0.4, 0.5) is 0 Å². The molecule has 4 nitrogen and oxygen atoms in total. The Morgan fingerprint density at radius 1 is 1.17 bits per heavy atom. The lowest BCUT2D eigenvalue weighted by Crippen LogP contribution is -2.28. The summed E-state index contributed by atoms with van der Waals surface area (Å²) in [6, 6.07) is 12.0. The van der Waals surface area contributed by atoms with Gasteiger partial charge in [-0.1, -0.05) is 49.6 Å². The van der Waals surface area contributed by atoms with Gasteiger partial charge in [0.05, 0.1) is 13.3 Å². The van der Waals surface area contributed by atoms with E-state index in [0.717, 1.165) is 47.8 Å². The molecule has 0 atom stereocenters. The Bertz CT molecular complexity index is 718. The summed E-state index contributed by atoms with van der Waals surface area (Å²) >= 11 is 0. The molecular weight excluding hydrogens is 288 g/mol. The molecule has 1 fully saturated rings. The van der Waals surface area contributed by atoms with Crippen LogP contribution in [0.2, 0.25) is 0 Å². The van der Waals surface area contributed by atoms with Gasteiger partial charge in [0, 0.05) is 11.5 Å². The minimum absolute atomic E-state index is 0.0279. The number of methoxy groups -OCH3 is 1. The molecule has 0 heterocycles. The number of rotatable bonds is 4. The highest BCUT2D eigenvalue weighted by Crippen LogP contribution is 2.26. The van der Waals surface area contributed by atoms with E-state index in [1.165, 1.54) is 6.42 Å². The first kappa shape index (κ1) is 15.5. The van der Waals surface area contributed by atoms with Crippen molar-refractivity contribution < 1.29 is 9.53 Å². The lowest BCUT2D eigenvalue weighted by Gasteiger charge is -2.19. The smallest absolute Gasteiger partial charge is 0.243 e. The number of fused-ring (bicyclic) bond motifs is 1. The zero-order chi connectivity index (χ0) is 16.1. The quantitative estimate of drug-likeness (QED) is 0.688. The second kappa shape index (κ2) is 7.27. The Hall–Kier alpha value is -2.36. The normalized spacial score (nSPS) is 15.9. The third-order valence-electron chi connectivity index (χ3n) is 4.49. The van der Waals surface area contributed by atoms with Crippen molar-refractivity contribution in [1.82, 2.24) is 5.43 Å². The largest absolute Gasteiger partial charge is 0.496 e. The highest BCUT2D eigenvalue weighted by molar-refractivity contribution is 6.02. The van der Waals surface area contributed by atoms with Gasteiger partial charge < -0.3 is 4.74 Å². The van der Waals surface area contributed by atoms with Crippen LogP contribution >= 0.6 is 0 Å². The molecule has 0 radical (unpaired) electrons. The van der Waals surface area contributed by atoms with E-state index in [4.69, 9.17) is 4.74 Å². The van der Waals surface area contributed by atoms with Gasteiger partial charge >= 0.3 is 0 Å². The summed E-state index contributed by atoms with van der Waals surface area (Å²) in [7, 11) is 1.64. The Balaban J connectivity index is 1.78. The summed E-state index contributed by atoms with van der Waals surface area (Å²) < 4.78 is 5.42. The molecule has 23 heavy (non-hydrogen) atoms. The zero-order valence-electron chi connectivity index (χ0n) is 13.4. The van der Waals surface area contributed by atoms with Gasteiger partial charge in [-0.2, -0.15) is 5.10 Å².